The second-order valence-corrected chi connectivity index (χ2v) is 9.58. The summed E-state index contributed by atoms with van der Waals surface area (Å²) in [6.07, 6.45) is 0. The maximum Gasteiger partial charge on any atom is 0.260 e. The number of amides is 2. The van der Waals surface area contributed by atoms with Gasteiger partial charge in [0.15, 0.2) is 0 Å². The Hall–Kier alpha value is -4.26. The highest BCUT2D eigenvalue weighted by Gasteiger charge is 2.61. The lowest BCUT2D eigenvalue weighted by Crippen LogP contribution is -2.73. The van der Waals surface area contributed by atoms with Gasteiger partial charge in [-0.25, -0.2) is 5.06 Å². The van der Waals surface area contributed by atoms with Crippen molar-refractivity contribution in [2.75, 3.05) is 20.8 Å². The number of hydroxylamine groups is 2. The maximum atomic E-state index is 14.2. The van der Waals surface area contributed by atoms with E-state index < -0.39 is 23.4 Å². The molecule has 1 saturated heterocycles. The molecule has 1 aliphatic heterocycles. The summed E-state index contributed by atoms with van der Waals surface area (Å²) in [6, 6.07) is 39.3. The maximum absolute atomic E-state index is 14.2. The Morgan fingerprint density at radius 3 is 1.64 bits per heavy atom. The zero-order valence-corrected chi connectivity index (χ0v) is 22.1. The van der Waals surface area contributed by atoms with Crippen LogP contribution in [-0.4, -0.2) is 48.6 Å². The molecular formula is C33H32N2O4. The molecular weight excluding hydrogens is 488 g/mol. The summed E-state index contributed by atoms with van der Waals surface area (Å²) in [5.74, 6) is -1.59. The zero-order valence-electron chi connectivity index (χ0n) is 22.1. The van der Waals surface area contributed by atoms with Crippen molar-refractivity contribution in [3.05, 3.63) is 144 Å². The van der Waals surface area contributed by atoms with Gasteiger partial charge in [-0.1, -0.05) is 121 Å². The number of β-lactam (4-membered cyclic amide) rings is 1. The lowest BCUT2D eigenvalue weighted by Gasteiger charge is -2.57. The van der Waals surface area contributed by atoms with E-state index >= 15 is 0 Å². The van der Waals surface area contributed by atoms with Gasteiger partial charge in [-0.15, -0.1) is 0 Å². The predicted octanol–water partition coefficient (Wildman–Crippen LogP) is 5.04. The minimum Gasteiger partial charge on any atom is -0.375 e. The highest BCUT2D eigenvalue weighted by molar-refractivity contribution is 6.06. The van der Waals surface area contributed by atoms with E-state index in [4.69, 9.17) is 9.57 Å². The Morgan fingerprint density at radius 1 is 0.769 bits per heavy atom. The third kappa shape index (κ3) is 4.85. The number of carbonyl (C=O) groups excluding carboxylic acids is 2. The molecule has 0 aliphatic carbocycles. The number of carbonyl (C=O) groups is 2. The molecule has 4 aromatic rings. The highest BCUT2D eigenvalue weighted by Crippen LogP contribution is 2.49. The van der Waals surface area contributed by atoms with Crippen molar-refractivity contribution < 1.29 is 19.2 Å². The first-order valence-corrected chi connectivity index (χ1v) is 13.0. The molecule has 0 bridgehead atoms. The Kier molecular flexibility index (Phi) is 7.87. The Balaban J connectivity index is 1.65. The van der Waals surface area contributed by atoms with Gasteiger partial charge < -0.3 is 9.64 Å². The lowest BCUT2D eigenvalue weighted by atomic mass is 9.70. The minimum absolute atomic E-state index is 0.183. The van der Waals surface area contributed by atoms with Crippen LogP contribution in [0.1, 0.15) is 22.3 Å². The van der Waals surface area contributed by atoms with Crippen molar-refractivity contribution in [2.45, 2.75) is 18.2 Å². The fraction of sp³-hybridized carbons (Fsp3) is 0.212. The van der Waals surface area contributed by atoms with E-state index in [1.807, 2.05) is 126 Å². The molecule has 0 unspecified atom stereocenters. The van der Waals surface area contributed by atoms with E-state index in [0.717, 1.165) is 27.3 Å². The van der Waals surface area contributed by atoms with Crippen molar-refractivity contribution >= 4 is 11.8 Å². The molecule has 4 aromatic carbocycles. The molecule has 0 saturated carbocycles. The zero-order chi connectivity index (χ0) is 27.2. The molecule has 2 atom stereocenters. The fourth-order valence-corrected chi connectivity index (χ4v) is 5.51. The number of hydrogen-bond donors (Lipinski definition) is 0. The van der Waals surface area contributed by atoms with Crippen molar-refractivity contribution in [3.8, 4) is 0 Å². The number of rotatable bonds is 10. The van der Waals surface area contributed by atoms with Gasteiger partial charge in [-0.2, -0.15) is 0 Å². The number of nitrogens with zero attached hydrogens (tertiary/aromatic N) is 2. The third-order valence-electron chi connectivity index (χ3n) is 7.41. The van der Waals surface area contributed by atoms with Gasteiger partial charge in [0.25, 0.3) is 5.91 Å². The monoisotopic (exact) mass is 520 g/mol. The van der Waals surface area contributed by atoms with Crippen molar-refractivity contribution in [1.29, 1.82) is 0 Å². The van der Waals surface area contributed by atoms with Crippen LogP contribution in [0.5, 0.6) is 0 Å². The van der Waals surface area contributed by atoms with Gasteiger partial charge in [-0.05, 0) is 22.3 Å². The average Bonchev–Trinajstić information content (AvgIpc) is 3.00. The first-order chi connectivity index (χ1) is 19.1. The molecule has 5 rings (SSSR count). The first kappa shape index (κ1) is 26.4. The van der Waals surface area contributed by atoms with Gasteiger partial charge in [0, 0.05) is 7.05 Å². The van der Waals surface area contributed by atoms with Crippen LogP contribution in [0.2, 0.25) is 0 Å². The summed E-state index contributed by atoms with van der Waals surface area (Å²) in [5.41, 5.74) is 2.82. The molecule has 0 radical (unpaired) electrons. The van der Waals surface area contributed by atoms with E-state index in [2.05, 4.69) is 0 Å². The van der Waals surface area contributed by atoms with Crippen LogP contribution in [0, 0.1) is 5.92 Å². The van der Waals surface area contributed by atoms with E-state index in [1.54, 1.807) is 0 Å². The molecule has 0 N–H and O–H groups in total. The molecule has 6 heteroatoms. The summed E-state index contributed by atoms with van der Waals surface area (Å²) in [5, 5.41) is 1.12. The van der Waals surface area contributed by atoms with Crippen molar-refractivity contribution in [2.24, 2.45) is 5.92 Å². The second kappa shape index (κ2) is 11.6. The summed E-state index contributed by atoms with van der Waals surface area (Å²) < 4.78 is 6.19. The van der Waals surface area contributed by atoms with Crippen LogP contribution >= 0.6 is 0 Å². The molecule has 6 nitrogen and oxygen atoms in total. The van der Waals surface area contributed by atoms with Crippen LogP contribution in [-0.2, 0) is 31.3 Å². The highest BCUT2D eigenvalue weighted by atomic mass is 16.7. The predicted molar refractivity (Wildman–Crippen MR) is 149 cm³/mol. The molecule has 1 heterocycles. The Bertz CT molecular complexity index is 1280. The van der Waals surface area contributed by atoms with E-state index in [1.165, 1.54) is 14.2 Å². The molecule has 1 aliphatic rings. The minimum atomic E-state index is -0.982. The van der Waals surface area contributed by atoms with Crippen molar-refractivity contribution in [1.82, 2.24) is 9.96 Å². The van der Waals surface area contributed by atoms with E-state index in [-0.39, 0.29) is 12.5 Å². The summed E-state index contributed by atoms with van der Waals surface area (Å²) in [6.45, 7) is 0.554. The molecule has 39 heavy (non-hydrogen) atoms. The summed E-state index contributed by atoms with van der Waals surface area (Å²) in [4.78, 5) is 34.6. The number of benzene rings is 4. The van der Waals surface area contributed by atoms with Gasteiger partial charge in [0.05, 0.1) is 26.4 Å². The van der Waals surface area contributed by atoms with E-state index in [9.17, 15) is 9.59 Å². The van der Waals surface area contributed by atoms with Crippen LogP contribution in [0.25, 0.3) is 0 Å². The average molecular weight is 521 g/mol. The second-order valence-electron chi connectivity index (χ2n) is 9.58. The van der Waals surface area contributed by atoms with Crippen molar-refractivity contribution in [3.63, 3.8) is 0 Å². The largest absolute Gasteiger partial charge is 0.375 e. The van der Waals surface area contributed by atoms with Gasteiger partial charge >= 0.3 is 0 Å². The summed E-state index contributed by atoms with van der Waals surface area (Å²) in [7, 11) is 2.95. The molecule has 0 spiro atoms. The standard InChI is InChI=1S/C33H32N2O4/c1-34(38-2)31(36)30-29(24-39-23-25-15-7-3-8-16-25)35(32(30)37)33(26-17-9-4-10-18-26,27-19-11-5-12-20-27)28-21-13-6-14-22-28/h3-22,29-30H,23-24H2,1-2H3/t29-,30-/m0/s1. The smallest absolute Gasteiger partial charge is 0.260 e. The third-order valence-corrected chi connectivity index (χ3v) is 7.41. The topological polar surface area (TPSA) is 59.1 Å². The Morgan fingerprint density at radius 2 is 1.21 bits per heavy atom. The molecule has 1 fully saturated rings. The number of likely N-dealkylation sites (tertiary alicyclic amines) is 1. The molecule has 198 valence electrons. The lowest BCUT2D eigenvalue weighted by molar-refractivity contribution is -0.195. The van der Waals surface area contributed by atoms with Crippen LogP contribution in [0.15, 0.2) is 121 Å². The quantitative estimate of drug-likeness (QED) is 0.127. The van der Waals surface area contributed by atoms with Crippen LogP contribution < -0.4 is 0 Å². The first-order valence-electron chi connectivity index (χ1n) is 13.0. The number of hydrogen-bond acceptors (Lipinski definition) is 4. The van der Waals surface area contributed by atoms with Gasteiger partial charge in [0.2, 0.25) is 5.91 Å². The SMILES string of the molecule is CON(C)C(=O)[C@H]1C(=O)N(C(c2ccccc2)(c2ccccc2)c2ccccc2)[C@H]1COCc1ccccc1. The summed E-state index contributed by atoms with van der Waals surface area (Å²) >= 11 is 0. The molecule has 2 amide bonds. The normalized spacial score (nSPS) is 17.0. The van der Waals surface area contributed by atoms with Crippen LogP contribution in [0.4, 0.5) is 0 Å². The Labute approximate surface area is 229 Å². The van der Waals surface area contributed by atoms with Gasteiger partial charge in [0.1, 0.15) is 11.5 Å². The molecule has 0 aromatic heterocycles. The van der Waals surface area contributed by atoms with Gasteiger partial charge in [-0.3, -0.25) is 14.4 Å². The van der Waals surface area contributed by atoms with Crippen LogP contribution in [0.3, 0.4) is 0 Å². The number of ether oxygens (including phenoxy) is 1. The fourth-order valence-electron chi connectivity index (χ4n) is 5.51. The van der Waals surface area contributed by atoms with E-state index in [0.29, 0.717) is 6.61 Å².